The van der Waals surface area contributed by atoms with E-state index >= 15 is 0 Å². The lowest BCUT2D eigenvalue weighted by molar-refractivity contribution is -0.384. The monoisotopic (exact) mass is 293 g/mol. The highest BCUT2D eigenvalue weighted by atomic mass is 19.1. The maximum Gasteiger partial charge on any atom is 0.275 e. The van der Waals surface area contributed by atoms with Crippen molar-refractivity contribution in [3.8, 4) is 0 Å². The Morgan fingerprint density at radius 1 is 1.52 bits per heavy atom. The van der Waals surface area contributed by atoms with Crippen LogP contribution in [0.2, 0.25) is 0 Å². The van der Waals surface area contributed by atoms with Gasteiger partial charge < -0.3 is 15.6 Å². The fraction of sp³-hybridized carbons (Fsp3) is 0.167. The smallest absolute Gasteiger partial charge is 0.275 e. The van der Waals surface area contributed by atoms with Gasteiger partial charge in [0.05, 0.1) is 16.9 Å². The van der Waals surface area contributed by atoms with Gasteiger partial charge in [-0.05, 0) is 6.07 Å². The maximum absolute atomic E-state index is 13.6. The number of anilines is 1. The summed E-state index contributed by atoms with van der Waals surface area (Å²) in [5.41, 5.74) is 4.84. The number of imidazole rings is 1. The molecule has 110 valence electrons. The molecule has 0 bridgehead atoms. The third-order valence-electron chi connectivity index (χ3n) is 2.66. The predicted molar refractivity (Wildman–Crippen MR) is 72.3 cm³/mol. The van der Waals surface area contributed by atoms with Crippen molar-refractivity contribution >= 4 is 17.3 Å². The Labute approximate surface area is 118 Å². The molecule has 8 nitrogen and oxygen atoms in total. The summed E-state index contributed by atoms with van der Waals surface area (Å²) in [5, 5.41) is 12.9. The molecule has 0 radical (unpaired) electrons. The Morgan fingerprint density at radius 3 is 2.95 bits per heavy atom. The van der Waals surface area contributed by atoms with E-state index in [0.717, 1.165) is 18.2 Å². The summed E-state index contributed by atoms with van der Waals surface area (Å²) in [4.78, 5) is 25.7. The molecule has 0 unspecified atom stereocenters. The summed E-state index contributed by atoms with van der Waals surface area (Å²) in [5.74, 6) is -1.43. The van der Waals surface area contributed by atoms with E-state index in [4.69, 9.17) is 5.73 Å². The van der Waals surface area contributed by atoms with E-state index < -0.39 is 16.6 Å². The first-order valence-electron chi connectivity index (χ1n) is 5.98. The molecule has 2 aromatic rings. The van der Waals surface area contributed by atoms with Gasteiger partial charge in [0, 0.05) is 31.4 Å². The fourth-order valence-corrected chi connectivity index (χ4v) is 1.66. The molecule has 0 saturated heterocycles. The fourth-order valence-electron chi connectivity index (χ4n) is 1.66. The number of nitrogens with one attached hydrogen (secondary N) is 1. The maximum atomic E-state index is 13.6. The number of amides is 1. The van der Waals surface area contributed by atoms with Gasteiger partial charge >= 0.3 is 0 Å². The van der Waals surface area contributed by atoms with Gasteiger partial charge in [0.1, 0.15) is 11.5 Å². The summed E-state index contributed by atoms with van der Waals surface area (Å²) in [6.07, 6.45) is 2.88. The van der Waals surface area contributed by atoms with Crippen LogP contribution in [0.15, 0.2) is 30.7 Å². The third kappa shape index (κ3) is 3.39. The molecule has 21 heavy (non-hydrogen) atoms. The highest BCUT2D eigenvalue weighted by Crippen LogP contribution is 2.21. The van der Waals surface area contributed by atoms with Crippen molar-refractivity contribution in [2.24, 2.45) is 5.73 Å². The first kappa shape index (κ1) is 14.6. The molecule has 0 atom stereocenters. The highest BCUT2D eigenvalue weighted by Gasteiger charge is 2.15. The second-order valence-electron chi connectivity index (χ2n) is 4.16. The molecule has 0 aliphatic heterocycles. The minimum Gasteiger partial charge on any atom is -0.335 e. The third-order valence-corrected chi connectivity index (χ3v) is 2.66. The van der Waals surface area contributed by atoms with E-state index in [1.54, 1.807) is 4.57 Å². The molecule has 0 spiro atoms. The van der Waals surface area contributed by atoms with Crippen LogP contribution >= 0.6 is 0 Å². The molecular formula is C12H12FN5O3. The number of non-ortho nitro benzene ring substituents is 1. The molecule has 0 saturated carbocycles. The van der Waals surface area contributed by atoms with Crippen LogP contribution in [0.5, 0.6) is 0 Å². The number of rotatable bonds is 5. The molecule has 1 aromatic heterocycles. The van der Waals surface area contributed by atoms with Crippen molar-refractivity contribution < 1.29 is 14.1 Å². The molecular weight excluding hydrogens is 281 g/mol. The first-order chi connectivity index (χ1) is 10.0. The molecule has 0 aliphatic rings. The number of halogens is 1. The zero-order chi connectivity index (χ0) is 15.4. The number of hydrogen-bond donors (Lipinski definition) is 2. The zero-order valence-electron chi connectivity index (χ0n) is 10.8. The Morgan fingerprint density at radius 2 is 2.29 bits per heavy atom. The standard InChI is InChI=1S/C12H12FN5O3/c13-9-2-1-8(18(20)21)5-10(9)16-12(19)11-6-17(4-3-14)7-15-11/h1-2,5-7H,3-4,14H2,(H,16,19). The lowest BCUT2D eigenvalue weighted by atomic mass is 10.2. The number of benzene rings is 1. The van der Waals surface area contributed by atoms with Crippen molar-refractivity contribution in [3.05, 3.63) is 52.3 Å². The van der Waals surface area contributed by atoms with E-state index in [0.29, 0.717) is 13.1 Å². The number of nitro benzene ring substituents is 1. The average molecular weight is 293 g/mol. The van der Waals surface area contributed by atoms with E-state index in [1.807, 2.05) is 0 Å². The second-order valence-corrected chi connectivity index (χ2v) is 4.16. The topological polar surface area (TPSA) is 116 Å². The molecule has 9 heteroatoms. The van der Waals surface area contributed by atoms with Crippen LogP contribution in [0.3, 0.4) is 0 Å². The molecule has 1 aromatic carbocycles. The lowest BCUT2D eigenvalue weighted by Crippen LogP contribution is -2.14. The van der Waals surface area contributed by atoms with E-state index in [1.165, 1.54) is 12.5 Å². The van der Waals surface area contributed by atoms with Crippen LogP contribution in [0.25, 0.3) is 0 Å². The number of nitro groups is 1. The normalized spacial score (nSPS) is 10.4. The Hall–Kier alpha value is -2.81. The van der Waals surface area contributed by atoms with Crippen molar-refractivity contribution in [1.29, 1.82) is 0 Å². The Kier molecular flexibility index (Phi) is 4.24. The van der Waals surface area contributed by atoms with Crippen molar-refractivity contribution in [1.82, 2.24) is 9.55 Å². The summed E-state index contributed by atoms with van der Waals surface area (Å²) < 4.78 is 15.2. The molecule has 3 N–H and O–H groups in total. The number of carbonyl (C=O) groups is 1. The Bertz CT molecular complexity index is 685. The van der Waals surface area contributed by atoms with Gasteiger partial charge in [-0.25, -0.2) is 9.37 Å². The largest absolute Gasteiger partial charge is 0.335 e. The quantitative estimate of drug-likeness (QED) is 0.633. The van der Waals surface area contributed by atoms with Crippen LogP contribution in [0, 0.1) is 15.9 Å². The van der Waals surface area contributed by atoms with Crippen LogP contribution in [0.1, 0.15) is 10.5 Å². The lowest BCUT2D eigenvalue weighted by Gasteiger charge is -2.04. The van der Waals surface area contributed by atoms with Gasteiger partial charge in [-0.1, -0.05) is 0 Å². The summed E-state index contributed by atoms with van der Waals surface area (Å²) in [6.45, 7) is 0.877. The first-order valence-corrected chi connectivity index (χ1v) is 5.98. The number of carbonyl (C=O) groups excluding carboxylic acids is 1. The minimum absolute atomic E-state index is 0.0642. The molecule has 1 amide bonds. The predicted octanol–water partition coefficient (Wildman–Crippen LogP) is 1.14. The van der Waals surface area contributed by atoms with Gasteiger partial charge in [0.2, 0.25) is 0 Å². The van der Waals surface area contributed by atoms with Crippen LogP contribution in [-0.4, -0.2) is 26.9 Å². The van der Waals surface area contributed by atoms with Gasteiger partial charge in [-0.3, -0.25) is 14.9 Å². The second kappa shape index (κ2) is 6.09. The van der Waals surface area contributed by atoms with Crippen molar-refractivity contribution in [3.63, 3.8) is 0 Å². The van der Waals surface area contributed by atoms with E-state index in [2.05, 4.69) is 10.3 Å². The summed E-state index contributed by atoms with van der Waals surface area (Å²) in [6, 6.07) is 2.88. The van der Waals surface area contributed by atoms with Gasteiger partial charge in [0.25, 0.3) is 11.6 Å². The van der Waals surface area contributed by atoms with Gasteiger partial charge in [0.15, 0.2) is 0 Å². The van der Waals surface area contributed by atoms with Gasteiger partial charge in [-0.2, -0.15) is 0 Å². The number of nitrogens with zero attached hydrogens (tertiary/aromatic N) is 3. The van der Waals surface area contributed by atoms with Crippen molar-refractivity contribution in [2.75, 3.05) is 11.9 Å². The van der Waals surface area contributed by atoms with Crippen LogP contribution in [0.4, 0.5) is 15.8 Å². The molecule has 2 rings (SSSR count). The number of hydrogen-bond acceptors (Lipinski definition) is 5. The van der Waals surface area contributed by atoms with Gasteiger partial charge in [-0.15, -0.1) is 0 Å². The van der Waals surface area contributed by atoms with E-state index in [-0.39, 0.29) is 17.1 Å². The SMILES string of the molecule is NCCn1cnc(C(=O)Nc2cc([N+](=O)[O-])ccc2F)c1. The van der Waals surface area contributed by atoms with Crippen molar-refractivity contribution in [2.45, 2.75) is 6.54 Å². The molecule has 1 heterocycles. The minimum atomic E-state index is -0.768. The van der Waals surface area contributed by atoms with Crippen LogP contribution < -0.4 is 11.1 Å². The highest BCUT2D eigenvalue weighted by molar-refractivity contribution is 6.02. The zero-order valence-corrected chi connectivity index (χ0v) is 10.8. The summed E-state index contributed by atoms with van der Waals surface area (Å²) in [7, 11) is 0. The Balaban J connectivity index is 2.18. The molecule has 0 aliphatic carbocycles. The number of aromatic nitrogens is 2. The molecule has 0 fully saturated rings. The van der Waals surface area contributed by atoms with Crippen LogP contribution in [-0.2, 0) is 6.54 Å². The number of nitrogens with two attached hydrogens (primary N) is 1. The van der Waals surface area contributed by atoms with E-state index in [9.17, 15) is 19.3 Å². The summed E-state index contributed by atoms with van der Waals surface area (Å²) >= 11 is 0. The average Bonchev–Trinajstić information content (AvgIpc) is 2.90.